The van der Waals surface area contributed by atoms with Crippen molar-refractivity contribution in [3.63, 3.8) is 0 Å². The van der Waals surface area contributed by atoms with Gasteiger partial charge in [-0.25, -0.2) is 4.79 Å². The van der Waals surface area contributed by atoms with Gasteiger partial charge in [0.1, 0.15) is 12.5 Å². The third kappa shape index (κ3) is 4.86. The molecular weight excluding hydrogens is 444 g/mol. The van der Waals surface area contributed by atoms with Crippen LogP contribution in [0.1, 0.15) is 38.7 Å². The Hall–Kier alpha value is -3.53. The van der Waals surface area contributed by atoms with Crippen LogP contribution in [0.4, 0.5) is 5.69 Å². The molecule has 0 aromatic heterocycles. The number of rotatable bonds is 8. The average Bonchev–Trinajstić information content (AvgIpc) is 2.80. The average molecular weight is 472 g/mol. The molecule has 0 amide bonds. The summed E-state index contributed by atoms with van der Waals surface area (Å²) in [7, 11) is 1.22. The highest BCUT2D eigenvalue weighted by atomic mass is 16.6. The van der Waals surface area contributed by atoms with Gasteiger partial charge in [-0.2, -0.15) is 0 Å². The molecule has 0 spiro atoms. The number of nitro groups is 1. The van der Waals surface area contributed by atoms with Gasteiger partial charge >= 0.3 is 11.9 Å². The highest BCUT2D eigenvalue weighted by molar-refractivity contribution is 6.12. The minimum atomic E-state index is -1.04. The van der Waals surface area contributed by atoms with E-state index >= 15 is 0 Å². The van der Waals surface area contributed by atoms with Crippen molar-refractivity contribution < 1.29 is 33.5 Å². The lowest BCUT2D eigenvalue weighted by Crippen LogP contribution is -2.43. The van der Waals surface area contributed by atoms with Crippen molar-refractivity contribution in [2.75, 3.05) is 26.9 Å². The monoisotopic (exact) mass is 472 g/mol. The van der Waals surface area contributed by atoms with Crippen molar-refractivity contribution in [3.05, 3.63) is 62.5 Å². The van der Waals surface area contributed by atoms with Crippen LogP contribution >= 0.6 is 0 Å². The number of allylic oxidation sites excluding steroid dienone is 3. The van der Waals surface area contributed by atoms with E-state index in [1.807, 2.05) is 6.92 Å². The molecule has 0 bridgehead atoms. The van der Waals surface area contributed by atoms with Crippen LogP contribution in [0.25, 0.3) is 0 Å². The molecule has 0 saturated carbocycles. The number of hydrogen-bond donors (Lipinski definition) is 1. The van der Waals surface area contributed by atoms with E-state index in [2.05, 4.69) is 5.32 Å². The van der Waals surface area contributed by atoms with E-state index in [0.29, 0.717) is 30.0 Å². The summed E-state index contributed by atoms with van der Waals surface area (Å²) in [6.07, 6.45) is 0.371. The minimum Gasteiger partial charge on any atom is -0.468 e. The number of nitro benzene ring substituents is 1. The van der Waals surface area contributed by atoms with Gasteiger partial charge in [0.15, 0.2) is 5.78 Å². The number of carbonyl (C=O) groups is 3. The zero-order valence-corrected chi connectivity index (χ0v) is 19.6. The Bertz CT molecular complexity index is 1070. The number of methoxy groups -OCH3 is 1. The molecule has 0 fully saturated rings. The van der Waals surface area contributed by atoms with Crippen LogP contribution in [0.15, 0.2) is 46.8 Å². The molecule has 1 N–H and O–H groups in total. The zero-order valence-electron chi connectivity index (χ0n) is 19.6. The van der Waals surface area contributed by atoms with E-state index in [1.54, 1.807) is 19.9 Å². The summed E-state index contributed by atoms with van der Waals surface area (Å²) < 4.78 is 15.5. The Balaban J connectivity index is 2.12. The summed E-state index contributed by atoms with van der Waals surface area (Å²) in [6.45, 7) is 5.97. The number of dihydropyridines is 1. The van der Waals surface area contributed by atoms with E-state index in [-0.39, 0.29) is 36.0 Å². The van der Waals surface area contributed by atoms with Gasteiger partial charge in [0.05, 0.1) is 24.2 Å². The van der Waals surface area contributed by atoms with Gasteiger partial charge in [0, 0.05) is 41.6 Å². The summed E-state index contributed by atoms with van der Waals surface area (Å²) in [4.78, 5) is 50.1. The second-order valence-corrected chi connectivity index (χ2v) is 8.22. The van der Waals surface area contributed by atoms with Gasteiger partial charge in [-0.15, -0.1) is 0 Å². The molecule has 10 heteroatoms. The van der Waals surface area contributed by atoms with Gasteiger partial charge in [0.25, 0.3) is 5.69 Å². The summed E-state index contributed by atoms with van der Waals surface area (Å²) >= 11 is 0. The topological polar surface area (TPSA) is 134 Å². The Morgan fingerprint density at radius 2 is 2.00 bits per heavy atom. The van der Waals surface area contributed by atoms with Crippen LogP contribution in [0.5, 0.6) is 0 Å². The van der Waals surface area contributed by atoms with Gasteiger partial charge < -0.3 is 19.5 Å². The first-order valence-corrected chi connectivity index (χ1v) is 11.0. The first-order valence-electron chi connectivity index (χ1n) is 11.0. The quantitative estimate of drug-likeness (QED) is 0.199. The van der Waals surface area contributed by atoms with Crippen molar-refractivity contribution in [2.45, 2.75) is 33.1 Å². The highest BCUT2D eigenvalue weighted by Gasteiger charge is 2.47. The molecule has 34 heavy (non-hydrogen) atoms. The number of esters is 2. The molecule has 2 aliphatic rings. The maximum absolute atomic E-state index is 13.6. The number of ether oxygens (including phenoxy) is 3. The number of Topliss-reactive ketones (excluding diaryl/α,β-unsaturated/α-hetero) is 1. The third-order valence-corrected chi connectivity index (χ3v) is 6.04. The highest BCUT2D eigenvalue weighted by Crippen LogP contribution is 2.45. The second kappa shape index (κ2) is 10.6. The van der Waals surface area contributed by atoms with E-state index in [9.17, 15) is 24.5 Å². The normalized spacial score (nSPS) is 22.1. The Morgan fingerprint density at radius 3 is 2.65 bits per heavy atom. The number of nitrogens with zero attached hydrogens (tertiary/aromatic N) is 1. The standard InChI is InChI=1S/C24H28N2O8/c1-5-33-9-10-34-24(29)19-14(3)25-17-11-13(2)18(23(28)32-4)22(27)21(17)20(19)15-7-6-8-16(12-15)26(30)31/h6-8,12-13,18,20,25H,5,9-11H2,1-4H3/t13-,18+,20-/m0/s1. The predicted octanol–water partition coefficient (Wildman–Crippen LogP) is 2.79. The molecule has 3 rings (SSSR count). The van der Waals surface area contributed by atoms with E-state index in [1.165, 1.54) is 25.3 Å². The number of hydrogen-bond acceptors (Lipinski definition) is 9. The molecule has 1 aromatic carbocycles. The maximum atomic E-state index is 13.6. The Kier molecular flexibility index (Phi) is 7.83. The molecule has 1 heterocycles. The smallest absolute Gasteiger partial charge is 0.336 e. The number of nitrogens with one attached hydrogen (secondary N) is 1. The fourth-order valence-corrected chi connectivity index (χ4v) is 4.52. The number of ketones is 1. The number of benzene rings is 1. The minimum absolute atomic E-state index is 0.00673. The molecular formula is C24H28N2O8. The van der Waals surface area contributed by atoms with Crippen molar-refractivity contribution in [1.29, 1.82) is 0 Å². The van der Waals surface area contributed by atoms with E-state index < -0.39 is 34.5 Å². The van der Waals surface area contributed by atoms with Crippen LogP contribution in [-0.2, 0) is 28.6 Å². The van der Waals surface area contributed by atoms with Crippen LogP contribution in [-0.4, -0.2) is 49.6 Å². The molecule has 0 saturated heterocycles. The number of carbonyl (C=O) groups excluding carboxylic acids is 3. The fraction of sp³-hybridized carbons (Fsp3) is 0.458. The van der Waals surface area contributed by atoms with Gasteiger partial charge in [0.2, 0.25) is 0 Å². The van der Waals surface area contributed by atoms with Crippen molar-refractivity contribution >= 4 is 23.4 Å². The lowest BCUT2D eigenvalue weighted by atomic mass is 9.69. The van der Waals surface area contributed by atoms with Crippen LogP contribution in [0.2, 0.25) is 0 Å². The maximum Gasteiger partial charge on any atom is 0.336 e. The SMILES string of the molecule is CCOCCOC(=O)C1=C(C)NC2=C(C(=O)[C@H](C(=O)OC)[C@@H](C)C2)[C@H]1c1cccc([N+](=O)[O-])c1. The summed E-state index contributed by atoms with van der Waals surface area (Å²) in [5.74, 6) is -4.12. The molecule has 0 unspecified atom stereocenters. The Labute approximate surface area is 197 Å². The molecule has 1 aliphatic heterocycles. The second-order valence-electron chi connectivity index (χ2n) is 8.22. The first kappa shape index (κ1) is 25.1. The summed E-state index contributed by atoms with van der Waals surface area (Å²) in [5, 5.41) is 14.6. The summed E-state index contributed by atoms with van der Waals surface area (Å²) in [6, 6.07) is 5.78. The van der Waals surface area contributed by atoms with Gasteiger partial charge in [-0.05, 0) is 31.7 Å². The van der Waals surface area contributed by atoms with Crippen molar-refractivity contribution in [1.82, 2.24) is 5.32 Å². The van der Waals surface area contributed by atoms with Gasteiger partial charge in [-0.1, -0.05) is 19.1 Å². The predicted molar refractivity (Wildman–Crippen MR) is 120 cm³/mol. The summed E-state index contributed by atoms with van der Waals surface area (Å²) in [5.41, 5.74) is 1.64. The van der Waals surface area contributed by atoms with Crippen molar-refractivity contribution in [3.8, 4) is 0 Å². The zero-order chi connectivity index (χ0) is 25.0. The van der Waals surface area contributed by atoms with Crippen LogP contribution in [0.3, 0.4) is 0 Å². The molecule has 10 nitrogen and oxygen atoms in total. The van der Waals surface area contributed by atoms with E-state index in [4.69, 9.17) is 14.2 Å². The molecule has 1 aliphatic carbocycles. The largest absolute Gasteiger partial charge is 0.468 e. The Morgan fingerprint density at radius 1 is 1.26 bits per heavy atom. The van der Waals surface area contributed by atoms with Crippen molar-refractivity contribution in [2.24, 2.45) is 11.8 Å². The third-order valence-electron chi connectivity index (χ3n) is 6.04. The molecule has 1 aromatic rings. The molecule has 182 valence electrons. The van der Waals surface area contributed by atoms with E-state index in [0.717, 1.165) is 0 Å². The first-order chi connectivity index (χ1) is 16.2. The fourth-order valence-electron chi connectivity index (χ4n) is 4.52. The van der Waals surface area contributed by atoms with Gasteiger partial charge in [-0.3, -0.25) is 19.7 Å². The van der Waals surface area contributed by atoms with Crippen LogP contribution < -0.4 is 5.32 Å². The van der Waals surface area contributed by atoms with Crippen LogP contribution in [0, 0.1) is 22.0 Å². The molecule has 0 radical (unpaired) electrons. The lowest BCUT2D eigenvalue weighted by molar-refractivity contribution is -0.384. The molecule has 3 atom stereocenters. The lowest BCUT2D eigenvalue weighted by Gasteiger charge is -2.38. The number of non-ortho nitro benzene ring substituents is 1.